The van der Waals surface area contributed by atoms with Crippen LogP contribution in [-0.2, 0) is 14.3 Å². The lowest BCUT2D eigenvalue weighted by Crippen LogP contribution is -2.16. The molecule has 12 heavy (non-hydrogen) atoms. The van der Waals surface area contributed by atoms with Gasteiger partial charge in [0.25, 0.3) is 0 Å². The molecule has 1 atom stereocenters. The second kappa shape index (κ2) is 4.09. The van der Waals surface area contributed by atoms with Crippen LogP contribution in [0.15, 0.2) is 4.99 Å². The molecule has 1 aliphatic rings. The lowest BCUT2D eigenvalue weighted by molar-refractivity contribution is -0.141. The Bertz CT molecular complexity index is 200. The highest BCUT2D eigenvalue weighted by molar-refractivity contribution is 5.86. The first-order chi connectivity index (χ1) is 5.77. The van der Waals surface area contributed by atoms with E-state index < -0.39 is 0 Å². The first-order valence-corrected chi connectivity index (χ1v) is 4.05. The van der Waals surface area contributed by atoms with Crippen LogP contribution in [0.5, 0.6) is 0 Å². The number of carbonyl (C=O) groups excluding carboxylic acids is 1. The van der Waals surface area contributed by atoms with E-state index in [1.54, 1.807) is 0 Å². The molecule has 68 valence electrons. The fourth-order valence-corrected chi connectivity index (χ4v) is 1.15. The van der Waals surface area contributed by atoms with Crippen LogP contribution in [0.4, 0.5) is 0 Å². The van der Waals surface area contributed by atoms with Gasteiger partial charge in [0.2, 0.25) is 0 Å². The van der Waals surface area contributed by atoms with E-state index in [0.29, 0.717) is 18.9 Å². The average molecular weight is 171 g/mol. The minimum absolute atomic E-state index is 0.273. The van der Waals surface area contributed by atoms with Gasteiger partial charge in [0.05, 0.1) is 13.7 Å². The quantitative estimate of drug-likeness (QED) is 0.576. The third-order valence-corrected chi connectivity index (χ3v) is 1.72. The third kappa shape index (κ3) is 1.96. The number of aliphatic imine (C=N–C) groups is 1. The van der Waals surface area contributed by atoms with Crippen molar-refractivity contribution in [3.63, 3.8) is 0 Å². The zero-order valence-electron chi connectivity index (χ0n) is 7.37. The van der Waals surface area contributed by atoms with E-state index in [0.717, 1.165) is 6.42 Å². The Hall–Kier alpha value is -1.06. The molecule has 0 aromatic heterocycles. The molecule has 0 amide bonds. The van der Waals surface area contributed by atoms with Crippen LogP contribution in [0.1, 0.15) is 19.8 Å². The Labute approximate surface area is 71.6 Å². The zero-order valence-corrected chi connectivity index (χ0v) is 7.37. The lowest BCUT2D eigenvalue weighted by Gasteiger charge is -2.01. The van der Waals surface area contributed by atoms with E-state index in [2.05, 4.69) is 9.73 Å². The van der Waals surface area contributed by atoms with E-state index in [-0.39, 0.29) is 12.0 Å². The smallest absolute Gasteiger partial charge is 0.330 e. The summed E-state index contributed by atoms with van der Waals surface area (Å²) in [5.74, 6) is 0.401. The van der Waals surface area contributed by atoms with Crippen molar-refractivity contribution in [2.75, 3.05) is 13.7 Å². The maximum Gasteiger partial charge on any atom is 0.330 e. The van der Waals surface area contributed by atoms with Gasteiger partial charge in [0.15, 0.2) is 11.9 Å². The Kier molecular flexibility index (Phi) is 3.08. The Morgan fingerprint density at radius 2 is 2.50 bits per heavy atom. The highest BCUT2D eigenvalue weighted by atomic mass is 16.5. The topological polar surface area (TPSA) is 47.9 Å². The van der Waals surface area contributed by atoms with Gasteiger partial charge in [0, 0.05) is 6.42 Å². The normalized spacial score (nSPS) is 21.8. The summed E-state index contributed by atoms with van der Waals surface area (Å²) >= 11 is 0. The van der Waals surface area contributed by atoms with Crippen LogP contribution in [0.3, 0.4) is 0 Å². The number of hydrogen-bond donors (Lipinski definition) is 0. The predicted molar refractivity (Wildman–Crippen MR) is 44.1 cm³/mol. The largest absolute Gasteiger partial charge is 0.481 e. The van der Waals surface area contributed by atoms with Gasteiger partial charge < -0.3 is 9.47 Å². The summed E-state index contributed by atoms with van der Waals surface area (Å²) in [7, 11) is 1.37. The molecule has 0 fully saturated rings. The van der Waals surface area contributed by atoms with Crippen LogP contribution < -0.4 is 0 Å². The van der Waals surface area contributed by atoms with Crippen molar-refractivity contribution in [3.05, 3.63) is 0 Å². The SMILES string of the molecule is CCOC1=NC(C(=O)OC)CC1. The maximum atomic E-state index is 11.0. The summed E-state index contributed by atoms with van der Waals surface area (Å²) in [5, 5.41) is 0. The van der Waals surface area contributed by atoms with Gasteiger partial charge in [-0.15, -0.1) is 0 Å². The number of nitrogens with zero attached hydrogens (tertiary/aromatic N) is 1. The van der Waals surface area contributed by atoms with Crippen molar-refractivity contribution >= 4 is 11.9 Å². The molecule has 4 heteroatoms. The highest BCUT2D eigenvalue weighted by Crippen LogP contribution is 2.14. The van der Waals surface area contributed by atoms with Crippen LogP contribution in [0.25, 0.3) is 0 Å². The third-order valence-electron chi connectivity index (χ3n) is 1.72. The Morgan fingerprint density at radius 1 is 1.75 bits per heavy atom. The van der Waals surface area contributed by atoms with Gasteiger partial charge >= 0.3 is 5.97 Å². The highest BCUT2D eigenvalue weighted by Gasteiger charge is 2.25. The van der Waals surface area contributed by atoms with Gasteiger partial charge in [-0.1, -0.05) is 0 Å². The van der Waals surface area contributed by atoms with Gasteiger partial charge in [-0.05, 0) is 13.3 Å². The molecular weight excluding hydrogens is 158 g/mol. The summed E-state index contributed by atoms with van der Waals surface area (Å²) in [6.07, 6.45) is 1.45. The van der Waals surface area contributed by atoms with Crippen LogP contribution in [0.2, 0.25) is 0 Å². The number of methoxy groups -OCH3 is 1. The lowest BCUT2D eigenvalue weighted by atomic mass is 10.2. The molecule has 0 saturated heterocycles. The summed E-state index contributed by atoms with van der Waals surface area (Å²) in [4.78, 5) is 15.0. The molecule has 0 aromatic rings. The average Bonchev–Trinajstić information content (AvgIpc) is 2.52. The van der Waals surface area contributed by atoms with E-state index in [1.165, 1.54) is 7.11 Å². The van der Waals surface area contributed by atoms with Crippen LogP contribution in [-0.4, -0.2) is 31.6 Å². The second-order valence-corrected chi connectivity index (χ2v) is 2.53. The van der Waals surface area contributed by atoms with Gasteiger partial charge in [-0.3, -0.25) is 0 Å². The van der Waals surface area contributed by atoms with Crippen molar-refractivity contribution in [1.82, 2.24) is 0 Å². The van der Waals surface area contributed by atoms with Gasteiger partial charge in [-0.2, -0.15) is 0 Å². The molecule has 1 aliphatic heterocycles. The first-order valence-electron chi connectivity index (χ1n) is 4.05. The number of ether oxygens (including phenoxy) is 2. The van der Waals surface area contributed by atoms with Crippen molar-refractivity contribution in [2.45, 2.75) is 25.8 Å². The van der Waals surface area contributed by atoms with E-state index in [1.807, 2.05) is 6.92 Å². The molecule has 0 spiro atoms. The summed E-state index contributed by atoms with van der Waals surface area (Å²) in [5.41, 5.74) is 0. The van der Waals surface area contributed by atoms with Gasteiger partial charge in [0.1, 0.15) is 0 Å². The molecule has 1 unspecified atom stereocenters. The first kappa shape index (κ1) is 9.03. The van der Waals surface area contributed by atoms with E-state index in [4.69, 9.17) is 4.74 Å². The molecule has 4 nitrogen and oxygen atoms in total. The number of carbonyl (C=O) groups is 1. The Morgan fingerprint density at radius 3 is 3.08 bits per heavy atom. The minimum atomic E-state index is -0.337. The predicted octanol–water partition coefficient (Wildman–Crippen LogP) is 0.757. The Balaban J connectivity index is 2.46. The molecular formula is C8H13NO3. The summed E-state index contributed by atoms with van der Waals surface area (Å²) in [6.45, 7) is 2.50. The molecule has 1 heterocycles. The molecule has 0 saturated carbocycles. The summed E-state index contributed by atoms with van der Waals surface area (Å²) < 4.78 is 9.73. The molecule has 0 aromatic carbocycles. The van der Waals surface area contributed by atoms with Crippen molar-refractivity contribution in [3.8, 4) is 0 Å². The van der Waals surface area contributed by atoms with Crippen molar-refractivity contribution in [2.24, 2.45) is 4.99 Å². The van der Waals surface area contributed by atoms with Gasteiger partial charge in [-0.25, -0.2) is 9.79 Å². The van der Waals surface area contributed by atoms with Crippen molar-refractivity contribution < 1.29 is 14.3 Å². The van der Waals surface area contributed by atoms with Crippen molar-refractivity contribution in [1.29, 1.82) is 0 Å². The standard InChI is InChI=1S/C8H13NO3/c1-3-12-7-5-4-6(9-7)8(10)11-2/h6H,3-5H2,1-2H3. The number of hydrogen-bond acceptors (Lipinski definition) is 4. The maximum absolute atomic E-state index is 11.0. The molecule has 0 bridgehead atoms. The molecule has 0 radical (unpaired) electrons. The van der Waals surface area contributed by atoms with E-state index in [9.17, 15) is 4.79 Å². The zero-order chi connectivity index (χ0) is 8.97. The fraction of sp³-hybridized carbons (Fsp3) is 0.750. The van der Waals surface area contributed by atoms with Crippen LogP contribution in [0, 0.1) is 0 Å². The number of esters is 1. The second-order valence-electron chi connectivity index (χ2n) is 2.53. The monoisotopic (exact) mass is 171 g/mol. The number of rotatable bonds is 2. The van der Waals surface area contributed by atoms with E-state index >= 15 is 0 Å². The fourth-order valence-electron chi connectivity index (χ4n) is 1.15. The minimum Gasteiger partial charge on any atom is -0.481 e. The molecule has 0 aliphatic carbocycles. The summed E-state index contributed by atoms with van der Waals surface area (Å²) in [6, 6.07) is -0.337. The van der Waals surface area contributed by atoms with Crippen LogP contribution >= 0.6 is 0 Å². The molecule has 1 rings (SSSR count). The molecule has 0 N–H and O–H groups in total.